The van der Waals surface area contributed by atoms with Gasteiger partial charge in [0.1, 0.15) is 0 Å². The quantitative estimate of drug-likeness (QED) is 0.591. The topological polar surface area (TPSA) is 95.1 Å². The molecule has 6 heteroatoms. The average Bonchev–Trinajstić information content (AvgIpc) is 2.09. The standard InChI is InChI=1S/C7H9N3O3/c1-3-4(6(12)13)9-7(8-2)10-5(3)11/h1-2H3,(H,12,13)(H2,8,9,10,11). The summed E-state index contributed by atoms with van der Waals surface area (Å²) in [5.74, 6) is -1.06. The predicted molar refractivity (Wildman–Crippen MR) is 46.1 cm³/mol. The van der Waals surface area contributed by atoms with E-state index in [0.29, 0.717) is 0 Å². The Hall–Kier alpha value is -1.85. The highest BCUT2D eigenvalue weighted by Gasteiger charge is 2.12. The number of hydrogen-bond acceptors (Lipinski definition) is 4. The molecule has 1 aromatic heterocycles. The van der Waals surface area contributed by atoms with Crippen molar-refractivity contribution in [3.8, 4) is 0 Å². The summed E-state index contributed by atoms with van der Waals surface area (Å²) >= 11 is 0. The first kappa shape index (κ1) is 9.24. The first-order valence-electron chi connectivity index (χ1n) is 3.58. The third-order valence-electron chi connectivity index (χ3n) is 1.59. The average molecular weight is 183 g/mol. The van der Waals surface area contributed by atoms with Gasteiger partial charge in [0.05, 0.1) is 0 Å². The van der Waals surface area contributed by atoms with Crippen LogP contribution in [-0.4, -0.2) is 28.1 Å². The number of aromatic amines is 1. The molecule has 0 radical (unpaired) electrons. The Balaban J connectivity index is 3.42. The number of hydrogen-bond donors (Lipinski definition) is 3. The monoisotopic (exact) mass is 183 g/mol. The molecule has 6 nitrogen and oxygen atoms in total. The zero-order valence-corrected chi connectivity index (χ0v) is 7.21. The van der Waals surface area contributed by atoms with E-state index in [4.69, 9.17) is 5.11 Å². The third-order valence-corrected chi connectivity index (χ3v) is 1.59. The van der Waals surface area contributed by atoms with Crippen molar-refractivity contribution in [2.45, 2.75) is 6.92 Å². The molecule has 0 fully saturated rings. The molecule has 1 aromatic rings. The summed E-state index contributed by atoms with van der Waals surface area (Å²) in [5.41, 5.74) is -0.573. The Kier molecular flexibility index (Phi) is 2.32. The maximum absolute atomic E-state index is 11.1. The lowest BCUT2D eigenvalue weighted by atomic mass is 10.2. The van der Waals surface area contributed by atoms with Gasteiger partial charge in [0, 0.05) is 12.6 Å². The SMILES string of the molecule is CNc1nc(C(=O)O)c(C)c(=O)[nH]1. The lowest BCUT2D eigenvalue weighted by molar-refractivity contribution is 0.0689. The van der Waals surface area contributed by atoms with Crippen molar-refractivity contribution in [3.05, 3.63) is 21.6 Å². The molecule has 0 aliphatic rings. The summed E-state index contributed by atoms with van der Waals surface area (Å²) in [6.45, 7) is 1.41. The Morgan fingerprint density at radius 2 is 2.23 bits per heavy atom. The molecular formula is C7H9N3O3. The van der Waals surface area contributed by atoms with Crippen molar-refractivity contribution in [1.82, 2.24) is 9.97 Å². The fraction of sp³-hybridized carbons (Fsp3) is 0.286. The molecule has 0 unspecified atom stereocenters. The molecule has 0 saturated heterocycles. The van der Waals surface area contributed by atoms with Crippen LogP contribution in [0.25, 0.3) is 0 Å². The van der Waals surface area contributed by atoms with Gasteiger partial charge in [-0.2, -0.15) is 0 Å². The van der Waals surface area contributed by atoms with E-state index in [0.717, 1.165) is 0 Å². The van der Waals surface area contributed by atoms with Crippen LogP contribution in [0, 0.1) is 6.92 Å². The number of carboxylic acid groups (broad SMARTS) is 1. The zero-order valence-electron chi connectivity index (χ0n) is 7.21. The number of rotatable bonds is 2. The molecule has 1 rings (SSSR count). The number of H-pyrrole nitrogens is 1. The molecular weight excluding hydrogens is 174 g/mol. The van der Waals surface area contributed by atoms with Crippen molar-refractivity contribution in [2.24, 2.45) is 0 Å². The van der Waals surface area contributed by atoms with Crippen LogP contribution in [0.4, 0.5) is 5.95 Å². The lowest BCUT2D eigenvalue weighted by Gasteiger charge is -2.02. The van der Waals surface area contributed by atoms with Gasteiger partial charge in [-0.25, -0.2) is 9.78 Å². The fourth-order valence-corrected chi connectivity index (χ4v) is 0.859. The Labute approximate surface area is 73.6 Å². The van der Waals surface area contributed by atoms with Gasteiger partial charge in [-0.3, -0.25) is 9.78 Å². The summed E-state index contributed by atoms with van der Waals surface area (Å²) in [6, 6.07) is 0. The van der Waals surface area contributed by atoms with Crippen molar-refractivity contribution in [2.75, 3.05) is 12.4 Å². The van der Waals surface area contributed by atoms with Crippen LogP contribution < -0.4 is 10.9 Å². The van der Waals surface area contributed by atoms with Gasteiger partial charge in [-0.1, -0.05) is 0 Å². The van der Waals surface area contributed by atoms with Crippen LogP contribution in [0.5, 0.6) is 0 Å². The molecule has 0 saturated carbocycles. The van der Waals surface area contributed by atoms with E-state index in [-0.39, 0.29) is 17.2 Å². The highest BCUT2D eigenvalue weighted by molar-refractivity contribution is 5.87. The Bertz CT molecular complexity index is 396. The molecule has 0 atom stereocenters. The van der Waals surface area contributed by atoms with Crippen molar-refractivity contribution in [3.63, 3.8) is 0 Å². The van der Waals surface area contributed by atoms with Crippen molar-refractivity contribution >= 4 is 11.9 Å². The summed E-state index contributed by atoms with van der Waals surface area (Å²) in [5, 5.41) is 11.2. The molecule has 0 aromatic carbocycles. The van der Waals surface area contributed by atoms with Crippen LogP contribution in [0.3, 0.4) is 0 Å². The van der Waals surface area contributed by atoms with E-state index < -0.39 is 11.5 Å². The molecule has 13 heavy (non-hydrogen) atoms. The van der Waals surface area contributed by atoms with E-state index in [2.05, 4.69) is 15.3 Å². The minimum atomic E-state index is -1.21. The Morgan fingerprint density at radius 3 is 2.69 bits per heavy atom. The second-order valence-electron chi connectivity index (χ2n) is 2.44. The van der Waals surface area contributed by atoms with Gasteiger partial charge >= 0.3 is 5.97 Å². The van der Waals surface area contributed by atoms with E-state index in [1.54, 1.807) is 7.05 Å². The number of carboxylic acids is 1. The normalized spacial score (nSPS) is 9.69. The number of anilines is 1. The summed E-state index contributed by atoms with van der Waals surface area (Å²) < 4.78 is 0. The summed E-state index contributed by atoms with van der Waals surface area (Å²) in [6.07, 6.45) is 0. The lowest BCUT2D eigenvalue weighted by Crippen LogP contribution is -2.19. The maximum atomic E-state index is 11.1. The van der Waals surface area contributed by atoms with E-state index in [1.165, 1.54) is 6.92 Å². The minimum absolute atomic E-state index is 0.103. The zero-order chi connectivity index (χ0) is 10.0. The number of aromatic nitrogens is 2. The fourth-order valence-electron chi connectivity index (χ4n) is 0.859. The molecule has 0 aliphatic heterocycles. The van der Waals surface area contributed by atoms with Gasteiger partial charge in [0.2, 0.25) is 5.95 Å². The van der Waals surface area contributed by atoms with Gasteiger partial charge < -0.3 is 10.4 Å². The number of carbonyl (C=O) groups is 1. The molecule has 0 amide bonds. The summed E-state index contributed by atoms with van der Waals surface area (Å²) in [4.78, 5) is 27.8. The first-order valence-corrected chi connectivity index (χ1v) is 3.58. The van der Waals surface area contributed by atoms with Gasteiger partial charge in [-0.15, -0.1) is 0 Å². The van der Waals surface area contributed by atoms with Crippen molar-refractivity contribution in [1.29, 1.82) is 0 Å². The van der Waals surface area contributed by atoms with Crippen molar-refractivity contribution < 1.29 is 9.90 Å². The molecule has 70 valence electrons. The maximum Gasteiger partial charge on any atom is 0.355 e. The van der Waals surface area contributed by atoms with Crippen LogP contribution in [0.2, 0.25) is 0 Å². The Morgan fingerprint density at radius 1 is 1.62 bits per heavy atom. The second kappa shape index (κ2) is 3.26. The molecule has 0 spiro atoms. The highest BCUT2D eigenvalue weighted by atomic mass is 16.4. The van der Waals surface area contributed by atoms with E-state index in [9.17, 15) is 9.59 Å². The predicted octanol–water partition coefficient (Wildman–Crippen LogP) is -0.182. The molecule has 0 aliphatic carbocycles. The molecule has 1 heterocycles. The molecule has 3 N–H and O–H groups in total. The van der Waals surface area contributed by atoms with Gasteiger partial charge in [-0.05, 0) is 6.92 Å². The first-order chi connectivity index (χ1) is 6.06. The summed E-state index contributed by atoms with van der Waals surface area (Å²) in [7, 11) is 1.54. The molecule has 0 bridgehead atoms. The van der Waals surface area contributed by atoms with Gasteiger partial charge in [0.15, 0.2) is 5.69 Å². The third kappa shape index (κ3) is 1.66. The van der Waals surface area contributed by atoms with E-state index in [1.807, 2.05) is 0 Å². The van der Waals surface area contributed by atoms with Gasteiger partial charge in [0.25, 0.3) is 5.56 Å². The smallest absolute Gasteiger partial charge is 0.355 e. The minimum Gasteiger partial charge on any atom is -0.476 e. The number of nitrogens with one attached hydrogen (secondary N) is 2. The number of aromatic carboxylic acids is 1. The largest absolute Gasteiger partial charge is 0.476 e. The van der Waals surface area contributed by atoms with E-state index >= 15 is 0 Å². The highest BCUT2D eigenvalue weighted by Crippen LogP contribution is 2.01. The van der Waals surface area contributed by atoms with Crippen LogP contribution in [-0.2, 0) is 0 Å². The second-order valence-corrected chi connectivity index (χ2v) is 2.44. The van der Waals surface area contributed by atoms with Crippen LogP contribution in [0.1, 0.15) is 16.1 Å². The van der Waals surface area contributed by atoms with Crippen LogP contribution >= 0.6 is 0 Å². The number of nitrogens with zero attached hydrogens (tertiary/aromatic N) is 1. The van der Waals surface area contributed by atoms with Crippen LogP contribution in [0.15, 0.2) is 4.79 Å².